The molecule has 20 heavy (non-hydrogen) atoms. The SMILES string of the molecule is NCc1sc2ccccc2c1S(=O)(=O)NCC1CCC1. The highest BCUT2D eigenvalue weighted by Gasteiger charge is 2.26. The molecule has 6 heteroatoms. The maximum absolute atomic E-state index is 12.6. The second kappa shape index (κ2) is 5.44. The van der Waals surface area contributed by atoms with Gasteiger partial charge in [0.05, 0.1) is 0 Å². The zero-order valence-electron chi connectivity index (χ0n) is 11.1. The highest BCUT2D eigenvalue weighted by Crippen LogP contribution is 2.34. The number of sulfonamides is 1. The van der Waals surface area contributed by atoms with Crippen LogP contribution >= 0.6 is 11.3 Å². The van der Waals surface area contributed by atoms with E-state index in [-0.39, 0.29) is 6.54 Å². The molecular weight excluding hydrogens is 292 g/mol. The van der Waals surface area contributed by atoms with E-state index in [1.807, 2.05) is 24.3 Å². The number of nitrogens with two attached hydrogens (primary N) is 1. The lowest BCUT2D eigenvalue weighted by molar-refractivity contribution is 0.316. The molecule has 3 N–H and O–H groups in total. The van der Waals surface area contributed by atoms with Gasteiger partial charge in [-0.05, 0) is 24.8 Å². The summed E-state index contributed by atoms with van der Waals surface area (Å²) in [4.78, 5) is 1.10. The van der Waals surface area contributed by atoms with Crippen LogP contribution in [0.3, 0.4) is 0 Å². The maximum atomic E-state index is 12.6. The lowest BCUT2D eigenvalue weighted by Gasteiger charge is -2.25. The summed E-state index contributed by atoms with van der Waals surface area (Å²) in [5.41, 5.74) is 5.72. The van der Waals surface area contributed by atoms with E-state index >= 15 is 0 Å². The standard InChI is InChI=1S/C14H18N2O2S2/c15-8-13-14(11-6-1-2-7-12(11)19-13)20(17,18)16-9-10-4-3-5-10/h1-2,6-7,10,16H,3-5,8-9,15H2. The summed E-state index contributed by atoms with van der Waals surface area (Å²) >= 11 is 1.46. The first kappa shape index (κ1) is 14.0. The van der Waals surface area contributed by atoms with Crippen LogP contribution in [0.4, 0.5) is 0 Å². The van der Waals surface area contributed by atoms with Crippen molar-refractivity contribution in [2.24, 2.45) is 11.7 Å². The molecule has 1 aliphatic carbocycles. The molecule has 0 spiro atoms. The lowest BCUT2D eigenvalue weighted by Crippen LogP contribution is -2.32. The van der Waals surface area contributed by atoms with Gasteiger partial charge in [-0.1, -0.05) is 24.6 Å². The van der Waals surface area contributed by atoms with Gasteiger partial charge in [-0.15, -0.1) is 11.3 Å². The fourth-order valence-corrected chi connectivity index (χ4v) is 5.45. The minimum atomic E-state index is -3.48. The van der Waals surface area contributed by atoms with Crippen molar-refractivity contribution in [1.29, 1.82) is 0 Å². The molecule has 0 amide bonds. The molecule has 108 valence electrons. The summed E-state index contributed by atoms with van der Waals surface area (Å²) in [5.74, 6) is 0.496. The topological polar surface area (TPSA) is 72.2 Å². The third-order valence-corrected chi connectivity index (χ3v) is 6.73. The predicted octanol–water partition coefficient (Wildman–Crippen LogP) is 2.44. The molecule has 1 fully saturated rings. The second-order valence-electron chi connectivity index (χ2n) is 5.20. The Kier molecular flexibility index (Phi) is 3.81. The van der Waals surface area contributed by atoms with Gasteiger partial charge in [-0.3, -0.25) is 0 Å². The van der Waals surface area contributed by atoms with Crippen LogP contribution in [-0.4, -0.2) is 15.0 Å². The quantitative estimate of drug-likeness (QED) is 0.891. The van der Waals surface area contributed by atoms with E-state index in [9.17, 15) is 8.42 Å². The molecule has 0 aliphatic heterocycles. The number of nitrogens with one attached hydrogen (secondary N) is 1. The van der Waals surface area contributed by atoms with E-state index in [0.29, 0.717) is 17.4 Å². The first-order valence-corrected chi connectivity index (χ1v) is 9.12. The van der Waals surface area contributed by atoms with E-state index in [1.54, 1.807) is 0 Å². The molecule has 4 nitrogen and oxygen atoms in total. The molecule has 2 aromatic rings. The fraction of sp³-hybridized carbons (Fsp3) is 0.429. The van der Waals surface area contributed by atoms with Gasteiger partial charge in [0, 0.05) is 28.1 Å². The van der Waals surface area contributed by atoms with Crippen molar-refractivity contribution >= 4 is 31.4 Å². The first-order valence-electron chi connectivity index (χ1n) is 6.82. The molecule has 0 radical (unpaired) electrons. The molecule has 0 saturated heterocycles. The molecule has 1 aliphatic rings. The average molecular weight is 310 g/mol. The molecule has 1 saturated carbocycles. The number of thiophene rings is 1. The summed E-state index contributed by atoms with van der Waals surface area (Å²) in [7, 11) is -3.48. The zero-order valence-corrected chi connectivity index (χ0v) is 12.8. The monoisotopic (exact) mass is 310 g/mol. The van der Waals surface area contributed by atoms with Crippen LogP contribution in [0.5, 0.6) is 0 Å². The summed E-state index contributed by atoms with van der Waals surface area (Å²) in [6, 6.07) is 7.56. The number of rotatable bonds is 5. The molecule has 0 atom stereocenters. The van der Waals surface area contributed by atoms with Gasteiger partial charge in [0.15, 0.2) is 0 Å². The summed E-state index contributed by atoms with van der Waals surface area (Å²) in [6.07, 6.45) is 3.45. The second-order valence-corrected chi connectivity index (χ2v) is 8.04. The molecule has 0 bridgehead atoms. The molecule has 1 aromatic carbocycles. The Labute approximate surface area is 123 Å². The van der Waals surface area contributed by atoms with E-state index in [0.717, 1.165) is 27.8 Å². The maximum Gasteiger partial charge on any atom is 0.242 e. The van der Waals surface area contributed by atoms with E-state index < -0.39 is 10.0 Å². The number of hydrogen-bond acceptors (Lipinski definition) is 4. The van der Waals surface area contributed by atoms with Gasteiger partial charge in [0.25, 0.3) is 0 Å². The van der Waals surface area contributed by atoms with Crippen LogP contribution < -0.4 is 10.5 Å². The summed E-state index contributed by atoms with van der Waals surface area (Å²) in [5, 5.41) is 0.777. The van der Waals surface area contributed by atoms with E-state index in [2.05, 4.69) is 4.72 Å². The van der Waals surface area contributed by atoms with E-state index in [1.165, 1.54) is 17.8 Å². The number of fused-ring (bicyclic) bond motifs is 1. The Balaban J connectivity index is 1.98. The Morgan fingerprint density at radius 1 is 1.30 bits per heavy atom. The van der Waals surface area contributed by atoms with Gasteiger partial charge in [0.1, 0.15) is 4.90 Å². The Hall–Kier alpha value is -0.950. The van der Waals surface area contributed by atoms with Crippen molar-refractivity contribution in [3.63, 3.8) is 0 Å². The molecular formula is C14H18N2O2S2. The number of hydrogen-bond donors (Lipinski definition) is 2. The van der Waals surface area contributed by atoms with Crippen LogP contribution in [0.25, 0.3) is 10.1 Å². The lowest BCUT2D eigenvalue weighted by atomic mass is 9.86. The fourth-order valence-electron chi connectivity index (χ4n) is 2.50. The van der Waals surface area contributed by atoms with Gasteiger partial charge >= 0.3 is 0 Å². The first-order chi connectivity index (χ1) is 9.62. The highest BCUT2D eigenvalue weighted by molar-refractivity contribution is 7.90. The van der Waals surface area contributed by atoms with Crippen LogP contribution in [0.2, 0.25) is 0 Å². The van der Waals surface area contributed by atoms with Gasteiger partial charge in [0.2, 0.25) is 10.0 Å². The predicted molar refractivity (Wildman–Crippen MR) is 82.2 cm³/mol. The van der Waals surface area contributed by atoms with Crippen LogP contribution in [0.15, 0.2) is 29.2 Å². The van der Waals surface area contributed by atoms with Gasteiger partial charge in [-0.25, -0.2) is 13.1 Å². The van der Waals surface area contributed by atoms with Gasteiger partial charge < -0.3 is 5.73 Å². The minimum absolute atomic E-state index is 0.249. The van der Waals surface area contributed by atoms with Gasteiger partial charge in [-0.2, -0.15) is 0 Å². The normalized spacial score (nSPS) is 16.4. The van der Waals surface area contributed by atoms with Crippen molar-refractivity contribution < 1.29 is 8.42 Å². The summed E-state index contributed by atoms with van der Waals surface area (Å²) in [6.45, 7) is 0.787. The van der Waals surface area contributed by atoms with Crippen LogP contribution in [0.1, 0.15) is 24.1 Å². The molecule has 0 unspecified atom stereocenters. The third-order valence-electron chi connectivity index (χ3n) is 3.86. The number of benzene rings is 1. The average Bonchev–Trinajstić information content (AvgIpc) is 2.75. The molecule has 1 aromatic heterocycles. The highest BCUT2D eigenvalue weighted by atomic mass is 32.2. The van der Waals surface area contributed by atoms with Crippen molar-refractivity contribution in [2.75, 3.05) is 6.54 Å². The Bertz CT molecular complexity index is 718. The smallest absolute Gasteiger partial charge is 0.242 e. The van der Waals surface area contributed by atoms with E-state index in [4.69, 9.17) is 5.73 Å². The summed E-state index contributed by atoms with van der Waals surface area (Å²) < 4.78 is 28.9. The van der Waals surface area contributed by atoms with Crippen LogP contribution in [0, 0.1) is 5.92 Å². The molecule has 1 heterocycles. The largest absolute Gasteiger partial charge is 0.326 e. The van der Waals surface area contributed by atoms with Crippen molar-refractivity contribution in [3.8, 4) is 0 Å². The zero-order chi connectivity index (χ0) is 14.2. The minimum Gasteiger partial charge on any atom is -0.326 e. The third kappa shape index (κ3) is 2.48. The molecule has 3 rings (SSSR count). The van der Waals surface area contributed by atoms with Crippen molar-refractivity contribution in [1.82, 2.24) is 4.72 Å². The Morgan fingerprint density at radius 2 is 2.05 bits per heavy atom. The van der Waals surface area contributed by atoms with Crippen molar-refractivity contribution in [2.45, 2.75) is 30.7 Å². The Morgan fingerprint density at radius 3 is 2.70 bits per heavy atom. The van der Waals surface area contributed by atoms with Crippen LogP contribution in [-0.2, 0) is 16.6 Å². The van der Waals surface area contributed by atoms with Crippen molar-refractivity contribution in [3.05, 3.63) is 29.1 Å².